The third-order valence-electron chi connectivity index (χ3n) is 3.36. The molecule has 0 fully saturated rings. The first-order valence-corrected chi connectivity index (χ1v) is 9.27. The molecule has 0 radical (unpaired) electrons. The lowest BCUT2D eigenvalue weighted by Gasteiger charge is -2.08. The van der Waals surface area contributed by atoms with Gasteiger partial charge in [-0.25, -0.2) is 0 Å². The first-order valence-electron chi connectivity index (χ1n) is 7.41. The van der Waals surface area contributed by atoms with Crippen LogP contribution in [0.1, 0.15) is 31.2 Å². The number of ether oxygens (including phenoxy) is 1. The van der Waals surface area contributed by atoms with E-state index in [4.69, 9.17) is 4.74 Å². The quantitative estimate of drug-likeness (QED) is 0.570. The Balaban J connectivity index is 2.25. The van der Waals surface area contributed by atoms with E-state index < -0.39 is 0 Å². The molecular formula is C15H21N3O2S2. The molecule has 0 amide bonds. The largest absolute Gasteiger partial charge is 0.465 e. The summed E-state index contributed by atoms with van der Waals surface area (Å²) in [5.74, 6) is 0.922. The van der Waals surface area contributed by atoms with Crippen molar-refractivity contribution in [3.05, 3.63) is 15.8 Å². The summed E-state index contributed by atoms with van der Waals surface area (Å²) in [6, 6.07) is 0. The van der Waals surface area contributed by atoms with Crippen molar-refractivity contribution < 1.29 is 9.53 Å². The standard InChI is InChI=1S/C15H21N3O2S2/c1-5-11-10(4)21-8-12(11)14-16-17-15(18(14)6-2)22-9-13(19)20-7-3/h8H,5-7,9H2,1-4H3. The molecule has 120 valence electrons. The molecule has 0 aliphatic heterocycles. The highest BCUT2D eigenvalue weighted by Crippen LogP contribution is 2.32. The van der Waals surface area contributed by atoms with Crippen molar-refractivity contribution in [1.82, 2.24) is 14.8 Å². The van der Waals surface area contributed by atoms with Crippen molar-refractivity contribution in [3.8, 4) is 11.4 Å². The number of hydrogen-bond acceptors (Lipinski definition) is 6. The van der Waals surface area contributed by atoms with E-state index in [0.717, 1.165) is 29.5 Å². The van der Waals surface area contributed by atoms with Crippen LogP contribution in [0, 0.1) is 6.92 Å². The SMILES string of the molecule is CCOC(=O)CSc1nnc(-c2csc(C)c2CC)n1CC. The molecular weight excluding hydrogens is 318 g/mol. The molecule has 0 atom stereocenters. The molecule has 0 aromatic carbocycles. The van der Waals surface area contributed by atoms with Gasteiger partial charge in [-0.2, -0.15) is 0 Å². The summed E-state index contributed by atoms with van der Waals surface area (Å²) in [4.78, 5) is 12.8. The molecule has 0 unspecified atom stereocenters. The number of aromatic nitrogens is 3. The lowest BCUT2D eigenvalue weighted by molar-refractivity contribution is -0.139. The van der Waals surface area contributed by atoms with Crippen molar-refractivity contribution in [2.45, 2.75) is 45.8 Å². The van der Waals surface area contributed by atoms with Gasteiger partial charge in [-0.1, -0.05) is 18.7 Å². The number of hydrogen-bond donors (Lipinski definition) is 0. The number of rotatable bonds is 7. The molecule has 0 aliphatic carbocycles. The average Bonchev–Trinajstić information content (AvgIpc) is 3.07. The first-order chi connectivity index (χ1) is 10.6. The second kappa shape index (κ2) is 7.78. The number of nitrogens with zero attached hydrogens (tertiary/aromatic N) is 3. The molecule has 0 spiro atoms. The summed E-state index contributed by atoms with van der Waals surface area (Å²) in [5, 5.41) is 11.5. The van der Waals surface area contributed by atoms with Gasteiger partial charge < -0.3 is 9.30 Å². The van der Waals surface area contributed by atoms with E-state index >= 15 is 0 Å². The van der Waals surface area contributed by atoms with E-state index in [-0.39, 0.29) is 11.7 Å². The van der Waals surface area contributed by atoms with Crippen molar-refractivity contribution in [2.24, 2.45) is 0 Å². The predicted octanol–water partition coefficient (Wildman–Crippen LogP) is 3.55. The molecule has 0 saturated heterocycles. The lowest BCUT2D eigenvalue weighted by atomic mass is 10.1. The average molecular weight is 339 g/mol. The van der Waals surface area contributed by atoms with Crippen LogP contribution in [0.3, 0.4) is 0 Å². The second-order valence-corrected chi connectivity index (χ2v) is 6.71. The lowest BCUT2D eigenvalue weighted by Crippen LogP contribution is -2.08. The van der Waals surface area contributed by atoms with Gasteiger partial charge in [-0.15, -0.1) is 21.5 Å². The Morgan fingerprint density at radius 2 is 2.14 bits per heavy atom. The monoisotopic (exact) mass is 339 g/mol. The minimum absolute atomic E-state index is 0.222. The molecule has 0 bridgehead atoms. The molecule has 2 rings (SSSR count). The molecule has 0 saturated carbocycles. The fourth-order valence-electron chi connectivity index (χ4n) is 2.31. The Morgan fingerprint density at radius 3 is 2.77 bits per heavy atom. The van der Waals surface area contributed by atoms with Gasteiger partial charge in [0.1, 0.15) is 0 Å². The topological polar surface area (TPSA) is 57.0 Å². The molecule has 5 nitrogen and oxygen atoms in total. The van der Waals surface area contributed by atoms with Gasteiger partial charge in [0, 0.05) is 22.4 Å². The fraction of sp³-hybridized carbons (Fsp3) is 0.533. The maximum absolute atomic E-state index is 11.5. The highest BCUT2D eigenvalue weighted by Gasteiger charge is 2.18. The maximum Gasteiger partial charge on any atom is 0.316 e. The molecule has 2 heterocycles. The van der Waals surface area contributed by atoms with E-state index in [9.17, 15) is 4.79 Å². The summed E-state index contributed by atoms with van der Waals surface area (Å²) < 4.78 is 7.01. The zero-order valence-electron chi connectivity index (χ0n) is 13.4. The Bertz CT molecular complexity index is 649. The zero-order valence-corrected chi connectivity index (χ0v) is 15.0. The summed E-state index contributed by atoms with van der Waals surface area (Å²) in [7, 11) is 0. The van der Waals surface area contributed by atoms with Crippen LogP contribution in [0.5, 0.6) is 0 Å². The van der Waals surface area contributed by atoms with Crippen molar-refractivity contribution in [1.29, 1.82) is 0 Å². The van der Waals surface area contributed by atoms with E-state index in [2.05, 4.69) is 40.9 Å². The maximum atomic E-state index is 11.5. The normalized spacial score (nSPS) is 10.9. The summed E-state index contributed by atoms with van der Waals surface area (Å²) >= 11 is 3.12. The number of thiophene rings is 1. The van der Waals surface area contributed by atoms with E-state index in [1.165, 1.54) is 22.2 Å². The van der Waals surface area contributed by atoms with E-state index in [1.807, 2.05) is 0 Å². The Labute approximate surface area is 139 Å². The van der Waals surface area contributed by atoms with Gasteiger partial charge in [0.2, 0.25) is 0 Å². The van der Waals surface area contributed by atoms with Crippen LogP contribution in [-0.4, -0.2) is 33.1 Å². The van der Waals surface area contributed by atoms with Crippen LogP contribution in [0.25, 0.3) is 11.4 Å². The minimum atomic E-state index is -0.222. The van der Waals surface area contributed by atoms with Crippen molar-refractivity contribution in [2.75, 3.05) is 12.4 Å². The third-order valence-corrected chi connectivity index (χ3v) is 5.25. The molecule has 0 N–H and O–H groups in total. The number of carbonyl (C=O) groups excluding carboxylic acids is 1. The summed E-state index contributed by atoms with van der Waals surface area (Å²) in [6.45, 7) is 9.33. The Morgan fingerprint density at radius 1 is 1.36 bits per heavy atom. The van der Waals surface area contributed by atoms with Gasteiger partial charge in [-0.3, -0.25) is 4.79 Å². The fourth-order valence-corrected chi connectivity index (χ4v) is 4.05. The zero-order chi connectivity index (χ0) is 16.1. The molecule has 0 aliphatic rings. The first kappa shape index (κ1) is 17.0. The number of carbonyl (C=O) groups is 1. The highest BCUT2D eigenvalue weighted by atomic mass is 32.2. The smallest absolute Gasteiger partial charge is 0.316 e. The number of aryl methyl sites for hydroxylation is 1. The van der Waals surface area contributed by atoms with Gasteiger partial charge in [-0.05, 0) is 32.8 Å². The van der Waals surface area contributed by atoms with E-state index in [0.29, 0.717) is 6.61 Å². The molecule has 7 heteroatoms. The summed E-state index contributed by atoms with van der Waals surface area (Å²) in [5.41, 5.74) is 2.48. The number of thioether (sulfide) groups is 1. The third kappa shape index (κ3) is 3.52. The predicted molar refractivity (Wildman–Crippen MR) is 90.5 cm³/mol. The van der Waals surface area contributed by atoms with Gasteiger partial charge in [0.15, 0.2) is 11.0 Å². The van der Waals surface area contributed by atoms with E-state index in [1.54, 1.807) is 18.3 Å². The van der Waals surface area contributed by atoms with Crippen LogP contribution >= 0.6 is 23.1 Å². The van der Waals surface area contributed by atoms with Gasteiger partial charge >= 0.3 is 5.97 Å². The van der Waals surface area contributed by atoms with Gasteiger partial charge in [0.05, 0.1) is 12.4 Å². The van der Waals surface area contributed by atoms with Gasteiger partial charge in [0.25, 0.3) is 0 Å². The second-order valence-electron chi connectivity index (χ2n) is 4.68. The molecule has 2 aromatic rings. The van der Waals surface area contributed by atoms with Crippen LogP contribution < -0.4 is 0 Å². The van der Waals surface area contributed by atoms with Crippen LogP contribution in [0.15, 0.2) is 10.5 Å². The molecule has 2 aromatic heterocycles. The molecule has 22 heavy (non-hydrogen) atoms. The van der Waals surface area contributed by atoms with Crippen molar-refractivity contribution >= 4 is 29.1 Å². The highest BCUT2D eigenvalue weighted by molar-refractivity contribution is 7.99. The van der Waals surface area contributed by atoms with Crippen LogP contribution in [0.4, 0.5) is 0 Å². The summed E-state index contributed by atoms with van der Waals surface area (Å²) in [6.07, 6.45) is 0.979. The number of esters is 1. The Hall–Kier alpha value is -1.34. The van der Waals surface area contributed by atoms with Crippen LogP contribution in [0.2, 0.25) is 0 Å². The van der Waals surface area contributed by atoms with Crippen molar-refractivity contribution in [3.63, 3.8) is 0 Å². The van der Waals surface area contributed by atoms with Crippen LogP contribution in [-0.2, 0) is 22.5 Å². The minimum Gasteiger partial charge on any atom is -0.465 e. The Kier molecular flexibility index (Phi) is 6.02.